The number of aromatic nitrogens is 2. The maximum absolute atomic E-state index is 12.2. The van der Waals surface area contributed by atoms with Gasteiger partial charge in [-0.15, -0.1) is 0 Å². The average molecular weight is 315 g/mol. The van der Waals surface area contributed by atoms with Crippen molar-refractivity contribution in [3.63, 3.8) is 0 Å². The lowest BCUT2D eigenvalue weighted by atomic mass is 10.2. The smallest absolute Gasteiger partial charge is 0.257 e. The van der Waals surface area contributed by atoms with Crippen LogP contribution in [-0.4, -0.2) is 42.3 Å². The zero-order chi connectivity index (χ0) is 16.1. The van der Waals surface area contributed by atoms with Crippen LogP contribution in [0.5, 0.6) is 11.8 Å². The van der Waals surface area contributed by atoms with Crippen LogP contribution < -0.4 is 14.8 Å². The summed E-state index contributed by atoms with van der Waals surface area (Å²) >= 11 is 0. The molecule has 3 rings (SSSR count). The predicted molar refractivity (Wildman–Crippen MR) is 82.8 cm³/mol. The molecule has 0 spiro atoms. The molecule has 23 heavy (non-hydrogen) atoms. The number of hydrogen-bond donors (Lipinski definition) is 1. The molecule has 0 bridgehead atoms. The minimum Gasteiger partial charge on any atom is -0.481 e. The summed E-state index contributed by atoms with van der Waals surface area (Å²) in [6.45, 7) is 1.29. The molecule has 0 aliphatic carbocycles. The molecule has 2 aromatic rings. The fraction of sp³-hybridized carbons (Fsp3) is 0.312. The molecule has 0 saturated carbocycles. The quantitative estimate of drug-likeness (QED) is 0.907. The van der Waals surface area contributed by atoms with Crippen molar-refractivity contribution in [1.82, 2.24) is 9.97 Å². The van der Waals surface area contributed by atoms with Crippen LogP contribution in [0, 0.1) is 0 Å². The first-order valence-electron chi connectivity index (χ1n) is 7.26. The molecule has 1 N–H and O–H groups in total. The summed E-state index contributed by atoms with van der Waals surface area (Å²) < 4.78 is 15.9. The van der Waals surface area contributed by atoms with Crippen LogP contribution in [-0.2, 0) is 4.74 Å². The van der Waals surface area contributed by atoms with Crippen LogP contribution in [0.4, 0.5) is 5.69 Å². The highest BCUT2D eigenvalue weighted by Crippen LogP contribution is 2.16. The van der Waals surface area contributed by atoms with Crippen LogP contribution in [0.3, 0.4) is 0 Å². The van der Waals surface area contributed by atoms with Gasteiger partial charge in [0, 0.05) is 24.8 Å². The van der Waals surface area contributed by atoms with Crippen molar-refractivity contribution in [2.75, 3.05) is 25.6 Å². The summed E-state index contributed by atoms with van der Waals surface area (Å²) in [7, 11) is 1.54. The molecule has 7 heteroatoms. The molecule has 3 heterocycles. The molecule has 120 valence electrons. The second kappa shape index (κ2) is 7.06. The van der Waals surface area contributed by atoms with Gasteiger partial charge in [0.05, 0.1) is 37.8 Å². The normalized spacial score (nSPS) is 16.8. The first-order chi connectivity index (χ1) is 11.2. The van der Waals surface area contributed by atoms with Gasteiger partial charge in [-0.1, -0.05) is 0 Å². The maximum atomic E-state index is 12.2. The van der Waals surface area contributed by atoms with E-state index in [0.29, 0.717) is 36.2 Å². The van der Waals surface area contributed by atoms with E-state index in [0.717, 1.165) is 6.42 Å². The third kappa shape index (κ3) is 3.95. The fourth-order valence-electron chi connectivity index (χ4n) is 2.14. The van der Waals surface area contributed by atoms with Crippen molar-refractivity contribution in [3.8, 4) is 11.8 Å². The Hall–Kier alpha value is -2.67. The number of carbonyl (C=O) groups is 1. The third-order valence-electron chi connectivity index (χ3n) is 3.38. The SMILES string of the molecule is COc1ccc(NC(=O)c2ccc(OC3CCOC3)nc2)cn1. The second-order valence-corrected chi connectivity index (χ2v) is 5.03. The monoisotopic (exact) mass is 315 g/mol. The highest BCUT2D eigenvalue weighted by Gasteiger charge is 2.17. The molecule has 2 aromatic heterocycles. The van der Waals surface area contributed by atoms with Gasteiger partial charge in [0.15, 0.2) is 0 Å². The van der Waals surface area contributed by atoms with Crippen molar-refractivity contribution in [2.24, 2.45) is 0 Å². The number of rotatable bonds is 5. The lowest BCUT2D eigenvalue weighted by Crippen LogP contribution is -2.17. The summed E-state index contributed by atoms with van der Waals surface area (Å²) in [4.78, 5) is 20.3. The highest BCUT2D eigenvalue weighted by molar-refractivity contribution is 6.03. The largest absolute Gasteiger partial charge is 0.481 e. The number of hydrogen-bond acceptors (Lipinski definition) is 6. The van der Waals surface area contributed by atoms with E-state index in [-0.39, 0.29) is 12.0 Å². The van der Waals surface area contributed by atoms with Gasteiger partial charge in [-0.05, 0) is 12.1 Å². The van der Waals surface area contributed by atoms with Crippen LogP contribution in [0.1, 0.15) is 16.8 Å². The van der Waals surface area contributed by atoms with Crippen LogP contribution >= 0.6 is 0 Å². The number of pyridine rings is 2. The lowest BCUT2D eigenvalue weighted by Gasteiger charge is -2.11. The van der Waals surface area contributed by atoms with Crippen LogP contribution in [0.25, 0.3) is 0 Å². The highest BCUT2D eigenvalue weighted by atomic mass is 16.5. The summed E-state index contributed by atoms with van der Waals surface area (Å²) in [5.74, 6) is 0.713. The zero-order valence-corrected chi connectivity index (χ0v) is 12.7. The van der Waals surface area contributed by atoms with Gasteiger partial charge >= 0.3 is 0 Å². The second-order valence-electron chi connectivity index (χ2n) is 5.03. The van der Waals surface area contributed by atoms with Crippen molar-refractivity contribution < 1.29 is 19.0 Å². The van der Waals surface area contributed by atoms with E-state index in [2.05, 4.69) is 15.3 Å². The Morgan fingerprint density at radius 3 is 2.65 bits per heavy atom. The van der Waals surface area contributed by atoms with Gasteiger partial charge in [0.25, 0.3) is 5.91 Å². The predicted octanol–water partition coefficient (Wildman–Crippen LogP) is 1.91. The first-order valence-corrected chi connectivity index (χ1v) is 7.26. The minimum atomic E-state index is -0.264. The summed E-state index contributed by atoms with van der Waals surface area (Å²) in [6.07, 6.45) is 3.90. The van der Waals surface area contributed by atoms with Gasteiger partial charge in [-0.3, -0.25) is 4.79 Å². The van der Waals surface area contributed by atoms with E-state index in [9.17, 15) is 4.79 Å². The number of carbonyl (C=O) groups excluding carboxylic acids is 1. The topological polar surface area (TPSA) is 82.6 Å². The van der Waals surface area contributed by atoms with Crippen molar-refractivity contribution in [2.45, 2.75) is 12.5 Å². The number of methoxy groups -OCH3 is 1. The van der Waals surface area contributed by atoms with Crippen molar-refractivity contribution in [1.29, 1.82) is 0 Å². The molecule has 0 radical (unpaired) electrons. The molecule has 7 nitrogen and oxygen atoms in total. The molecular formula is C16H17N3O4. The van der Waals surface area contributed by atoms with E-state index in [1.54, 1.807) is 24.3 Å². The maximum Gasteiger partial charge on any atom is 0.257 e. The molecule has 1 unspecified atom stereocenters. The molecule has 1 atom stereocenters. The number of amides is 1. The lowest BCUT2D eigenvalue weighted by molar-refractivity contribution is 0.102. The Labute approximate surface area is 133 Å². The third-order valence-corrected chi connectivity index (χ3v) is 3.38. The number of nitrogens with zero attached hydrogens (tertiary/aromatic N) is 2. The number of ether oxygens (including phenoxy) is 3. The first kappa shape index (κ1) is 15.2. The Morgan fingerprint density at radius 1 is 1.22 bits per heavy atom. The standard InChI is InChI=1S/C16H17N3O4/c1-21-14-5-3-12(9-18-14)19-16(20)11-2-4-15(17-8-11)23-13-6-7-22-10-13/h2-5,8-9,13H,6-7,10H2,1H3,(H,19,20). The molecular weight excluding hydrogens is 298 g/mol. The van der Waals surface area contributed by atoms with E-state index in [4.69, 9.17) is 14.2 Å². The van der Waals surface area contributed by atoms with E-state index in [1.165, 1.54) is 19.5 Å². The summed E-state index contributed by atoms with van der Waals surface area (Å²) in [5, 5.41) is 2.74. The number of nitrogens with one attached hydrogen (secondary N) is 1. The van der Waals surface area contributed by atoms with E-state index in [1.807, 2.05) is 0 Å². The van der Waals surface area contributed by atoms with Crippen LogP contribution in [0.2, 0.25) is 0 Å². The van der Waals surface area contributed by atoms with Gasteiger partial charge < -0.3 is 19.5 Å². The van der Waals surface area contributed by atoms with Gasteiger partial charge in [0.1, 0.15) is 6.10 Å². The summed E-state index contributed by atoms with van der Waals surface area (Å²) in [6, 6.07) is 6.74. The Bertz CT molecular complexity index is 652. The molecule has 1 aliphatic heterocycles. The van der Waals surface area contributed by atoms with Gasteiger partial charge in [-0.2, -0.15) is 0 Å². The van der Waals surface area contributed by atoms with Crippen molar-refractivity contribution in [3.05, 3.63) is 42.2 Å². The fourth-order valence-corrected chi connectivity index (χ4v) is 2.14. The molecule has 0 aromatic carbocycles. The minimum absolute atomic E-state index is 0.0348. The van der Waals surface area contributed by atoms with E-state index >= 15 is 0 Å². The Morgan fingerprint density at radius 2 is 2.04 bits per heavy atom. The molecule has 1 fully saturated rings. The Balaban J connectivity index is 1.60. The molecule has 1 amide bonds. The van der Waals surface area contributed by atoms with E-state index < -0.39 is 0 Å². The average Bonchev–Trinajstić information content (AvgIpc) is 3.09. The van der Waals surface area contributed by atoms with Gasteiger partial charge in [0.2, 0.25) is 11.8 Å². The van der Waals surface area contributed by atoms with Gasteiger partial charge in [-0.25, -0.2) is 9.97 Å². The zero-order valence-electron chi connectivity index (χ0n) is 12.7. The van der Waals surface area contributed by atoms with Crippen LogP contribution in [0.15, 0.2) is 36.7 Å². The number of anilines is 1. The molecule has 1 aliphatic rings. The van der Waals surface area contributed by atoms with Crippen molar-refractivity contribution >= 4 is 11.6 Å². The molecule has 1 saturated heterocycles. The Kier molecular flexibility index (Phi) is 4.68. The summed E-state index contributed by atoms with van der Waals surface area (Å²) in [5.41, 5.74) is 1.02.